The van der Waals surface area contributed by atoms with Crippen LogP contribution in [-0.2, 0) is 0 Å². The van der Waals surface area contributed by atoms with Crippen molar-refractivity contribution in [3.63, 3.8) is 0 Å². The summed E-state index contributed by atoms with van der Waals surface area (Å²) in [5.41, 5.74) is 12.3. The summed E-state index contributed by atoms with van der Waals surface area (Å²) < 4.78 is 0. The minimum atomic E-state index is 0.919. The third kappa shape index (κ3) is 5.23. The van der Waals surface area contributed by atoms with E-state index in [1.807, 2.05) is 18.5 Å². The zero-order valence-electron chi connectivity index (χ0n) is 31.3. The molecule has 12 rings (SSSR count). The lowest BCUT2D eigenvalue weighted by Gasteiger charge is -2.12. The quantitative estimate of drug-likeness (QED) is 0.169. The van der Waals surface area contributed by atoms with Gasteiger partial charge >= 0.3 is 0 Å². The van der Waals surface area contributed by atoms with E-state index in [4.69, 9.17) is 15.0 Å². The Morgan fingerprint density at radius 2 is 0.776 bits per heavy atom. The van der Waals surface area contributed by atoms with Gasteiger partial charge in [-0.05, 0) is 97.0 Å². The minimum absolute atomic E-state index is 0.919. The maximum atomic E-state index is 5.23. The van der Waals surface area contributed by atoms with E-state index in [0.29, 0.717) is 0 Å². The number of hydrogen-bond donors (Lipinski definition) is 0. The van der Waals surface area contributed by atoms with Gasteiger partial charge in [-0.3, -0.25) is 9.97 Å². The first-order chi connectivity index (χ1) is 28.7. The van der Waals surface area contributed by atoms with Crippen LogP contribution < -0.4 is 0 Å². The van der Waals surface area contributed by atoms with E-state index in [0.717, 1.165) is 88.4 Å². The molecule has 58 heavy (non-hydrogen) atoms. The summed E-state index contributed by atoms with van der Waals surface area (Å²) in [6.45, 7) is 0. The SMILES string of the molecule is c1cnc2c(c1)ccc1c(-c3ccc(-c4ccc5ccc(-c6ccc7ccc(-c8ccc9c%10ccccc%10c%10ccccc%10c9c8)nc7c6)cc5n4)cc3)ccnc12. The Morgan fingerprint density at radius 1 is 0.276 bits per heavy atom. The molecule has 0 amide bonds. The first-order valence-corrected chi connectivity index (χ1v) is 19.6. The van der Waals surface area contributed by atoms with Crippen LogP contribution in [-0.4, -0.2) is 19.9 Å². The number of hydrogen-bond acceptors (Lipinski definition) is 4. The Bertz CT molecular complexity index is 3590. The molecule has 0 fully saturated rings. The van der Waals surface area contributed by atoms with E-state index in [1.165, 1.54) is 32.3 Å². The highest BCUT2D eigenvalue weighted by molar-refractivity contribution is 6.25. The van der Waals surface area contributed by atoms with E-state index in [1.54, 1.807) is 0 Å². The summed E-state index contributed by atoms with van der Waals surface area (Å²) in [7, 11) is 0. The number of benzene rings is 8. The molecule has 0 radical (unpaired) electrons. The third-order valence-corrected chi connectivity index (χ3v) is 11.7. The normalized spacial score (nSPS) is 11.8. The molecule has 8 aromatic carbocycles. The van der Waals surface area contributed by atoms with Crippen molar-refractivity contribution in [3.8, 4) is 44.8 Å². The molecule has 0 bridgehead atoms. The third-order valence-electron chi connectivity index (χ3n) is 11.7. The van der Waals surface area contributed by atoms with Crippen LogP contribution in [0.15, 0.2) is 194 Å². The molecule has 4 aromatic heterocycles. The summed E-state index contributed by atoms with van der Waals surface area (Å²) in [5, 5.41) is 12.0. The number of pyridine rings is 4. The fourth-order valence-electron chi connectivity index (χ4n) is 8.81. The van der Waals surface area contributed by atoms with Crippen molar-refractivity contribution in [3.05, 3.63) is 194 Å². The molecule has 12 aromatic rings. The predicted molar refractivity (Wildman–Crippen MR) is 242 cm³/mol. The van der Waals surface area contributed by atoms with Crippen molar-refractivity contribution in [1.82, 2.24) is 19.9 Å². The zero-order valence-corrected chi connectivity index (χ0v) is 31.3. The van der Waals surface area contributed by atoms with E-state index < -0.39 is 0 Å². The summed E-state index contributed by atoms with van der Waals surface area (Å²) in [6.07, 6.45) is 3.70. The topological polar surface area (TPSA) is 51.6 Å². The number of aromatic nitrogens is 4. The van der Waals surface area contributed by atoms with Crippen LogP contribution in [0.1, 0.15) is 0 Å². The Kier molecular flexibility index (Phi) is 7.20. The maximum Gasteiger partial charge on any atom is 0.0970 e. The van der Waals surface area contributed by atoms with Gasteiger partial charge in [0.05, 0.1) is 33.5 Å². The molecule has 0 N–H and O–H groups in total. The number of rotatable bonds is 4. The van der Waals surface area contributed by atoms with Gasteiger partial charge in [-0.2, -0.15) is 0 Å². The lowest BCUT2D eigenvalue weighted by atomic mass is 9.93. The molecule has 4 heteroatoms. The number of nitrogens with zero attached hydrogens (tertiary/aromatic N) is 4. The fraction of sp³-hybridized carbons (Fsp3) is 0. The van der Waals surface area contributed by atoms with Crippen molar-refractivity contribution in [1.29, 1.82) is 0 Å². The Balaban J connectivity index is 0.880. The van der Waals surface area contributed by atoms with E-state index in [2.05, 4.69) is 181 Å². The second kappa shape index (κ2) is 12.9. The molecule has 0 saturated carbocycles. The van der Waals surface area contributed by atoms with Gasteiger partial charge in [0.15, 0.2) is 0 Å². The van der Waals surface area contributed by atoms with Crippen molar-refractivity contribution in [2.45, 2.75) is 0 Å². The van der Waals surface area contributed by atoms with Crippen LogP contribution in [0.2, 0.25) is 0 Å². The molecule has 0 spiro atoms. The number of fused-ring (bicyclic) bond motifs is 11. The molecular formula is C54H32N4. The van der Waals surface area contributed by atoms with Gasteiger partial charge in [0, 0.05) is 45.1 Å². The molecule has 0 saturated heterocycles. The fourth-order valence-corrected chi connectivity index (χ4v) is 8.81. The van der Waals surface area contributed by atoms with E-state index in [-0.39, 0.29) is 0 Å². The summed E-state index contributed by atoms with van der Waals surface area (Å²) in [6, 6.07) is 64.9. The lowest BCUT2D eigenvalue weighted by molar-refractivity contribution is 1.37. The Labute approximate surface area is 333 Å². The van der Waals surface area contributed by atoms with Gasteiger partial charge < -0.3 is 0 Å². The van der Waals surface area contributed by atoms with Crippen LogP contribution in [0.3, 0.4) is 0 Å². The predicted octanol–water partition coefficient (Wildman–Crippen LogP) is 14.0. The largest absolute Gasteiger partial charge is 0.254 e. The second-order valence-electron chi connectivity index (χ2n) is 15.0. The maximum absolute atomic E-state index is 5.23. The van der Waals surface area contributed by atoms with Gasteiger partial charge in [-0.15, -0.1) is 0 Å². The van der Waals surface area contributed by atoms with Gasteiger partial charge in [0.2, 0.25) is 0 Å². The zero-order chi connectivity index (χ0) is 38.2. The molecule has 4 heterocycles. The van der Waals surface area contributed by atoms with E-state index >= 15 is 0 Å². The van der Waals surface area contributed by atoms with Gasteiger partial charge in [-0.25, -0.2) is 9.97 Å². The van der Waals surface area contributed by atoms with Crippen molar-refractivity contribution >= 4 is 75.9 Å². The highest BCUT2D eigenvalue weighted by Gasteiger charge is 2.13. The highest BCUT2D eigenvalue weighted by atomic mass is 14.7. The monoisotopic (exact) mass is 736 g/mol. The average molecular weight is 737 g/mol. The standard InChI is InChI=1S/C54H32N4/c1-2-9-44-42(7-1)43-8-3-4-10-45(43)48-30-40(20-23-46(44)48)50-26-22-36-16-18-39(32-52(36)58-50)38-17-15-35-21-25-49(57-51(35)31-38)34-13-11-33(12-14-34)41-27-29-56-54-47(41)24-19-37-6-5-28-55-53(37)54/h1-32H. The molecule has 0 atom stereocenters. The smallest absolute Gasteiger partial charge is 0.0970 e. The summed E-state index contributed by atoms with van der Waals surface area (Å²) in [4.78, 5) is 19.7. The Morgan fingerprint density at radius 3 is 1.45 bits per heavy atom. The molecule has 0 unspecified atom stereocenters. The van der Waals surface area contributed by atoms with Crippen LogP contribution >= 0.6 is 0 Å². The summed E-state index contributed by atoms with van der Waals surface area (Å²) in [5.74, 6) is 0. The van der Waals surface area contributed by atoms with Crippen LogP contribution in [0.4, 0.5) is 0 Å². The highest BCUT2D eigenvalue weighted by Crippen LogP contribution is 2.38. The molecule has 0 aliphatic carbocycles. The van der Waals surface area contributed by atoms with Crippen molar-refractivity contribution in [2.24, 2.45) is 0 Å². The van der Waals surface area contributed by atoms with Gasteiger partial charge in [0.1, 0.15) is 0 Å². The first-order valence-electron chi connectivity index (χ1n) is 19.6. The average Bonchev–Trinajstić information content (AvgIpc) is 3.30. The van der Waals surface area contributed by atoms with Gasteiger partial charge in [-0.1, -0.05) is 140 Å². The lowest BCUT2D eigenvalue weighted by Crippen LogP contribution is -1.90. The first kappa shape index (κ1) is 32.4. The van der Waals surface area contributed by atoms with Crippen molar-refractivity contribution < 1.29 is 0 Å². The second-order valence-corrected chi connectivity index (χ2v) is 15.0. The minimum Gasteiger partial charge on any atom is -0.254 e. The van der Waals surface area contributed by atoms with Crippen LogP contribution in [0.5, 0.6) is 0 Å². The summed E-state index contributed by atoms with van der Waals surface area (Å²) >= 11 is 0. The molecule has 4 nitrogen and oxygen atoms in total. The molecule has 268 valence electrons. The molecule has 0 aliphatic rings. The van der Waals surface area contributed by atoms with Gasteiger partial charge in [0.25, 0.3) is 0 Å². The van der Waals surface area contributed by atoms with Crippen LogP contribution in [0.25, 0.3) is 121 Å². The molecular weight excluding hydrogens is 705 g/mol. The van der Waals surface area contributed by atoms with E-state index in [9.17, 15) is 0 Å². The van der Waals surface area contributed by atoms with Crippen molar-refractivity contribution in [2.75, 3.05) is 0 Å². The molecule has 0 aliphatic heterocycles. The van der Waals surface area contributed by atoms with Crippen LogP contribution in [0, 0.1) is 0 Å². The Hall–Kier alpha value is -7.82.